The van der Waals surface area contributed by atoms with Crippen LogP contribution in [-0.2, 0) is 5.33 Å². The van der Waals surface area contributed by atoms with Crippen LogP contribution in [0.2, 0.25) is 0 Å². The summed E-state index contributed by atoms with van der Waals surface area (Å²) in [4.78, 5) is 1.39. The molecule has 0 radical (unpaired) electrons. The molecule has 158 valence electrons. The van der Waals surface area contributed by atoms with Crippen LogP contribution < -0.4 is 10.1 Å². The summed E-state index contributed by atoms with van der Waals surface area (Å²) >= 11 is 5.67. The van der Waals surface area contributed by atoms with Crippen molar-refractivity contribution in [3.63, 3.8) is 0 Å². The zero-order valence-corrected chi connectivity index (χ0v) is 20.4. The van der Waals surface area contributed by atoms with Crippen LogP contribution in [0.25, 0.3) is 0 Å². The molecule has 2 aromatic carbocycles. The molecule has 1 aliphatic heterocycles. The topological polar surface area (TPSA) is 21.3 Å². The summed E-state index contributed by atoms with van der Waals surface area (Å²) in [6.45, 7) is 4.60. The van der Waals surface area contributed by atoms with E-state index in [0.29, 0.717) is 0 Å². The van der Waals surface area contributed by atoms with Gasteiger partial charge >= 0.3 is 0 Å². The number of hydrogen-bond donors (Lipinski definition) is 1. The van der Waals surface area contributed by atoms with Gasteiger partial charge in [-0.15, -0.1) is 11.8 Å². The van der Waals surface area contributed by atoms with E-state index < -0.39 is 0 Å². The fourth-order valence-corrected chi connectivity index (χ4v) is 6.07. The number of methoxy groups -OCH3 is 1. The molecule has 2 nitrogen and oxygen atoms in total. The zero-order chi connectivity index (χ0) is 20.7. The fraction of sp³-hybridized carbons (Fsp3) is 0.520. The molecule has 1 heterocycles. The van der Waals surface area contributed by atoms with Gasteiger partial charge in [-0.25, -0.2) is 0 Å². The summed E-state index contributed by atoms with van der Waals surface area (Å²) in [5, 5.41) is 4.98. The maximum atomic E-state index is 5.74. The maximum absolute atomic E-state index is 5.74. The Morgan fingerprint density at radius 3 is 2.38 bits per heavy atom. The normalized spacial score (nSPS) is 18.1. The molecule has 1 N–H and O–H groups in total. The van der Waals surface area contributed by atoms with E-state index in [-0.39, 0.29) is 11.6 Å². The van der Waals surface area contributed by atoms with Crippen LogP contribution >= 0.6 is 27.7 Å². The van der Waals surface area contributed by atoms with Crippen molar-refractivity contribution in [1.29, 1.82) is 0 Å². The first kappa shape index (κ1) is 22.7. The Kier molecular flexibility index (Phi) is 8.52. The van der Waals surface area contributed by atoms with E-state index in [1.807, 2.05) is 11.8 Å². The second-order valence-electron chi connectivity index (χ2n) is 8.10. The number of benzene rings is 2. The Bertz CT molecular complexity index is 772. The van der Waals surface area contributed by atoms with E-state index in [9.17, 15) is 0 Å². The molecule has 0 spiro atoms. The van der Waals surface area contributed by atoms with Crippen LogP contribution in [0.5, 0.6) is 5.75 Å². The van der Waals surface area contributed by atoms with Crippen molar-refractivity contribution >= 4 is 27.7 Å². The van der Waals surface area contributed by atoms with Gasteiger partial charge in [-0.2, -0.15) is 0 Å². The van der Waals surface area contributed by atoms with Crippen molar-refractivity contribution in [2.24, 2.45) is 0 Å². The zero-order valence-electron chi connectivity index (χ0n) is 18.0. The predicted molar refractivity (Wildman–Crippen MR) is 130 cm³/mol. The number of unbranched alkanes of at least 4 members (excludes halogenated alkanes) is 2. The summed E-state index contributed by atoms with van der Waals surface area (Å²) in [6, 6.07) is 15.7. The van der Waals surface area contributed by atoms with Gasteiger partial charge in [0, 0.05) is 27.1 Å². The number of alkyl halides is 1. The van der Waals surface area contributed by atoms with Crippen molar-refractivity contribution in [2.45, 2.75) is 74.2 Å². The highest BCUT2D eigenvalue weighted by Gasteiger charge is 2.36. The Hall–Kier alpha value is -0.970. The van der Waals surface area contributed by atoms with Gasteiger partial charge in [-0.3, -0.25) is 5.32 Å². The lowest BCUT2D eigenvalue weighted by atomic mass is 9.86. The summed E-state index contributed by atoms with van der Waals surface area (Å²) in [5.74, 6) is 2.09. The Labute approximate surface area is 189 Å². The molecule has 3 rings (SSSR count). The van der Waals surface area contributed by atoms with Crippen molar-refractivity contribution in [3.8, 4) is 5.75 Å². The third-order valence-corrected chi connectivity index (χ3v) is 7.94. The van der Waals surface area contributed by atoms with E-state index >= 15 is 0 Å². The average molecular weight is 477 g/mol. The van der Waals surface area contributed by atoms with Crippen molar-refractivity contribution in [1.82, 2.24) is 5.32 Å². The van der Waals surface area contributed by atoms with Gasteiger partial charge in [0.1, 0.15) is 5.75 Å². The highest BCUT2D eigenvalue weighted by molar-refractivity contribution is 9.08. The first-order chi connectivity index (χ1) is 14.2. The van der Waals surface area contributed by atoms with Crippen molar-refractivity contribution in [3.05, 3.63) is 59.2 Å². The van der Waals surface area contributed by atoms with E-state index in [0.717, 1.165) is 16.8 Å². The van der Waals surface area contributed by atoms with Crippen molar-refractivity contribution < 1.29 is 4.74 Å². The number of ether oxygens (including phenoxy) is 1. The minimum atomic E-state index is 0.165. The summed E-state index contributed by atoms with van der Waals surface area (Å²) < 4.78 is 5.74. The first-order valence-corrected chi connectivity index (χ1v) is 13.0. The number of thioether (sulfide) groups is 1. The molecule has 4 heteroatoms. The van der Waals surface area contributed by atoms with Gasteiger partial charge in [-0.05, 0) is 36.1 Å². The molecule has 29 heavy (non-hydrogen) atoms. The van der Waals surface area contributed by atoms with E-state index in [1.165, 1.54) is 60.1 Å². The smallest absolute Gasteiger partial charge is 0.123 e. The second kappa shape index (κ2) is 10.9. The van der Waals surface area contributed by atoms with Crippen LogP contribution in [0.4, 0.5) is 0 Å². The van der Waals surface area contributed by atoms with Gasteiger partial charge in [0.2, 0.25) is 0 Å². The predicted octanol–water partition coefficient (Wildman–Crippen LogP) is 7.49. The van der Waals surface area contributed by atoms with Crippen LogP contribution in [-0.4, -0.2) is 18.4 Å². The minimum Gasteiger partial charge on any atom is -0.496 e. The summed E-state index contributed by atoms with van der Waals surface area (Å²) in [6.07, 6.45) is 7.48. The van der Waals surface area contributed by atoms with Gasteiger partial charge in [0.25, 0.3) is 0 Å². The summed E-state index contributed by atoms with van der Waals surface area (Å²) in [5.41, 5.74) is 4.07. The fourth-order valence-electron chi connectivity index (χ4n) is 4.26. The summed E-state index contributed by atoms with van der Waals surface area (Å²) in [7, 11) is 1.77. The number of nitrogens with one attached hydrogen (secondary N) is 1. The average Bonchev–Trinajstić information content (AvgIpc) is 2.93. The van der Waals surface area contributed by atoms with E-state index in [4.69, 9.17) is 4.74 Å². The van der Waals surface area contributed by atoms with E-state index in [1.54, 1.807) is 7.11 Å². The molecule has 1 aliphatic rings. The van der Waals surface area contributed by atoms with E-state index in [2.05, 4.69) is 77.6 Å². The molecular formula is C25H34BrNOS. The van der Waals surface area contributed by atoms with Crippen LogP contribution in [0.1, 0.15) is 75.1 Å². The highest BCUT2D eigenvalue weighted by atomic mass is 79.9. The molecule has 1 unspecified atom stereocenters. The molecule has 0 bridgehead atoms. The highest BCUT2D eigenvalue weighted by Crippen LogP contribution is 2.44. The molecule has 1 atom stereocenters. The Morgan fingerprint density at radius 1 is 1.10 bits per heavy atom. The molecule has 0 saturated carbocycles. The molecule has 0 fully saturated rings. The molecule has 0 amide bonds. The Balaban J connectivity index is 2.09. The third kappa shape index (κ3) is 5.39. The lowest BCUT2D eigenvalue weighted by Gasteiger charge is -2.37. The van der Waals surface area contributed by atoms with Gasteiger partial charge in [-0.1, -0.05) is 85.8 Å². The third-order valence-electron chi connectivity index (χ3n) is 5.97. The maximum Gasteiger partial charge on any atom is 0.123 e. The lowest BCUT2D eigenvalue weighted by molar-refractivity contribution is 0.280. The molecule has 0 saturated heterocycles. The minimum absolute atomic E-state index is 0.165. The molecule has 0 aliphatic carbocycles. The standard InChI is InChI=1S/C25H34BrNOS/c1-4-6-13-25(14-7-5-2)18-29-23-15-20(17-26)22(28-3)16-21(23)24(27-25)19-11-9-8-10-12-19/h8-12,15-16,24,27H,4-7,13-14,17-18H2,1-3H3. The Morgan fingerprint density at radius 2 is 1.79 bits per heavy atom. The number of rotatable bonds is 9. The van der Waals surface area contributed by atoms with Crippen LogP contribution in [0, 0.1) is 0 Å². The van der Waals surface area contributed by atoms with Gasteiger partial charge in [0.05, 0.1) is 13.2 Å². The van der Waals surface area contributed by atoms with Crippen LogP contribution in [0.3, 0.4) is 0 Å². The molecular weight excluding hydrogens is 442 g/mol. The van der Waals surface area contributed by atoms with Gasteiger partial charge in [0.15, 0.2) is 0 Å². The SMILES string of the molecule is CCCCC1(CCCC)CSc2cc(CBr)c(OC)cc2C(c2ccccc2)N1. The quantitative estimate of drug-likeness (QED) is 0.379. The first-order valence-electron chi connectivity index (χ1n) is 10.9. The monoisotopic (exact) mass is 475 g/mol. The largest absolute Gasteiger partial charge is 0.496 e. The number of halogens is 1. The molecule has 0 aromatic heterocycles. The molecule has 2 aromatic rings. The lowest BCUT2D eigenvalue weighted by Crippen LogP contribution is -2.48. The number of fused-ring (bicyclic) bond motifs is 1. The van der Waals surface area contributed by atoms with Crippen molar-refractivity contribution in [2.75, 3.05) is 12.9 Å². The van der Waals surface area contributed by atoms with Crippen LogP contribution in [0.15, 0.2) is 47.4 Å². The van der Waals surface area contributed by atoms with Gasteiger partial charge < -0.3 is 4.74 Å². The number of hydrogen-bond acceptors (Lipinski definition) is 3. The second-order valence-corrected chi connectivity index (χ2v) is 9.68.